The monoisotopic (exact) mass is 288 g/mol. The van der Waals surface area contributed by atoms with Gasteiger partial charge in [-0.25, -0.2) is 8.42 Å². The molecule has 0 radical (unpaired) electrons. The first-order valence-electron chi connectivity index (χ1n) is 5.65. The first-order chi connectivity index (χ1) is 9.56. The maximum Gasteiger partial charge on any atom is 0.264 e. The lowest BCUT2D eigenvalue weighted by Gasteiger charge is -2.11. The van der Waals surface area contributed by atoms with Gasteiger partial charge in [0.05, 0.1) is 17.3 Å². The lowest BCUT2D eigenvalue weighted by Crippen LogP contribution is -2.17. The zero-order valence-electron chi connectivity index (χ0n) is 10.4. The summed E-state index contributed by atoms with van der Waals surface area (Å²) in [4.78, 5) is 0.0480. The number of hydrazine groups is 1. The molecule has 2 aromatic carbocycles. The number of nitrogens with zero attached hydrogens (tertiary/aromatic N) is 1. The van der Waals surface area contributed by atoms with Crippen LogP contribution in [0.4, 0.5) is 11.4 Å². The molecule has 0 aromatic heterocycles. The molecule has 0 aliphatic heterocycles. The standard InChI is InChI=1S/C13H12N4O2S/c14-9-10-5-7-11(8-6-10)17-20(18,19)13-4-2-1-3-12(13)16-15/h1-8,16-17H,15H2. The van der Waals surface area contributed by atoms with Gasteiger partial charge >= 0.3 is 0 Å². The SMILES string of the molecule is N#Cc1ccc(NS(=O)(=O)c2ccccc2NN)cc1. The summed E-state index contributed by atoms with van der Waals surface area (Å²) in [5, 5.41) is 8.70. The van der Waals surface area contributed by atoms with Crippen LogP contribution in [0.1, 0.15) is 5.56 Å². The van der Waals surface area contributed by atoms with Gasteiger partial charge in [-0.2, -0.15) is 5.26 Å². The van der Waals surface area contributed by atoms with E-state index in [1.165, 1.54) is 30.3 Å². The molecule has 0 aliphatic carbocycles. The molecule has 7 heteroatoms. The minimum Gasteiger partial charge on any atom is -0.323 e. The number of nitrogen functional groups attached to an aromatic ring is 1. The molecule has 0 amide bonds. The Morgan fingerprint density at radius 2 is 1.70 bits per heavy atom. The van der Waals surface area contributed by atoms with Crippen LogP contribution in [0.25, 0.3) is 0 Å². The molecule has 0 spiro atoms. The fourth-order valence-corrected chi connectivity index (χ4v) is 2.87. The summed E-state index contributed by atoms with van der Waals surface area (Å²) >= 11 is 0. The predicted octanol–water partition coefficient (Wildman–Crippen LogP) is 1.64. The number of para-hydroxylation sites is 1. The number of nitriles is 1. The van der Waals surface area contributed by atoms with Crippen LogP contribution in [-0.4, -0.2) is 8.42 Å². The summed E-state index contributed by atoms with van der Waals surface area (Å²) in [5.74, 6) is 5.30. The van der Waals surface area contributed by atoms with E-state index in [-0.39, 0.29) is 4.90 Å². The Morgan fingerprint density at radius 3 is 2.30 bits per heavy atom. The normalized spacial score (nSPS) is 10.6. The zero-order valence-corrected chi connectivity index (χ0v) is 11.2. The Bertz CT molecular complexity index is 749. The van der Waals surface area contributed by atoms with Crippen LogP contribution >= 0.6 is 0 Å². The maximum absolute atomic E-state index is 12.3. The van der Waals surface area contributed by atoms with Gasteiger partial charge in [0.2, 0.25) is 0 Å². The average Bonchev–Trinajstić information content (AvgIpc) is 2.47. The molecule has 0 bridgehead atoms. The molecule has 4 N–H and O–H groups in total. The van der Waals surface area contributed by atoms with Crippen LogP contribution in [0.2, 0.25) is 0 Å². The quantitative estimate of drug-likeness (QED) is 0.585. The van der Waals surface area contributed by atoms with E-state index in [4.69, 9.17) is 11.1 Å². The second kappa shape index (κ2) is 5.61. The molecule has 6 nitrogen and oxygen atoms in total. The number of rotatable bonds is 4. The molecule has 0 aliphatic rings. The van der Waals surface area contributed by atoms with Crippen molar-refractivity contribution in [2.75, 3.05) is 10.1 Å². The Balaban J connectivity index is 2.33. The summed E-state index contributed by atoms with van der Waals surface area (Å²) in [6, 6.07) is 14.4. The number of nitrogens with two attached hydrogens (primary N) is 1. The third-order valence-electron chi connectivity index (χ3n) is 2.60. The number of hydrogen-bond donors (Lipinski definition) is 3. The molecule has 0 unspecified atom stereocenters. The summed E-state index contributed by atoms with van der Waals surface area (Å²) < 4.78 is 27.0. The van der Waals surface area contributed by atoms with Crippen LogP contribution in [0.5, 0.6) is 0 Å². The van der Waals surface area contributed by atoms with Gasteiger partial charge in [-0.05, 0) is 36.4 Å². The van der Waals surface area contributed by atoms with Crippen LogP contribution in [0.3, 0.4) is 0 Å². The lowest BCUT2D eigenvalue weighted by atomic mass is 10.2. The van der Waals surface area contributed by atoms with E-state index in [9.17, 15) is 8.42 Å². The van der Waals surface area contributed by atoms with Crippen molar-refractivity contribution in [1.82, 2.24) is 0 Å². The molecule has 2 aromatic rings. The van der Waals surface area contributed by atoms with E-state index in [0.29, 0.717) is 16.9 Å². The average molecular weight is 288 g/mol. The van der Waals surface area contributed by atoms with Gasteiger partial charge in [-0.1, -0.05) is 12.1 Å². The summed E-state index contributed by atoms with van der Waals surface area (Å²) in [5.41, 5.74) is 3.47. The third kappa shape index (κ3) is 2.88. The largest absolute Gasteiger partial charge is 0.323 e. The second-order valence-electron chi connectivity index (χ2n) is 3.94. The van der Waals surface area contributed by atoms with Crippen molar-refractivity contribution in [1.29, 1.82) is 5.26 Å². The summed E-state index contributed by atoms with van der Waals surface area (Å²) in [7, 11) is -3.75. The minimum atomic E-state index is -3.75. The van der Waals surface area contributed by atoms with Gasteiger partial charge in [0.15, 0.2) is 0 Å². The first-order valence-corrected chi connectivity index (χ1v) is 7.14. The van der Waals surface area contributed by atoms with E-state index in [0.717, 1.165) is 0 Å². The number of nitrogens with one attached hydrogen (secondary N) is 2. The van der Waals surface area contributed by atoms with Crippen molar-refractivity contribution in [2.24, 2.45) is 5.84 Å². The molecule has 0 atom stereocenters. The second-order valence-corrected chi connectivity index (χ2v) is 5.59. The van der Waals surface area contributed by atoms with Crippen LogP contribution in [0.15, 0.2) is 53.4 Å². The topological polar surface area (TPSA) is 108 Å². The van der Waals surface area contributed by atoms with E-state index < -0.39 is 10.0 Å². The van der Waals surface area contributed by atoms with Gasteiger partial charge in [-0.3, -0.25) is 10.6 Å². The Kier molecular flexibility index (Phi) is 3.89. The minimum absolute atomic E-state index is 0.0480. The third-order valence-corrected chi connectivity index (χ3v) is 4.04. The number of benzene rings is 2. The highest BCUT2D eigenvalue weighted by atomic mass is 32.2. The number of hydrogen-bond acceptors (Lipinski definition) is 5. The fraction of sp³-hybridized carbons (Fsp3) is 0. The smallest absolute Gasteiger partial charge is 0.264 e. The van der Waals surface area contributed by atoms with E-state index in [1.807, 2.05) is 6.07 Å². The Labute approximate surface area is 116 Å². The Hall–Kier alpha value is -2.56. The van der Waals surface area contributed by atoms with Crippen molar-refractivity contribution in [2.45, 2.75) is 4.90 Å². The molecular weight excluding hydrogens is 276 g/mol. The number of anilines is 2. The predicted molar refractivity (Wildman–Crippen MR) is 76.2 cm³/mol. The van der Waals surface area contributed by atoms with Gasteiger partial charge in [0, 0.05) is 5.69 Å². The lowest BCUT2D eigenvalue weighted by molar-refractivity contribution is 0.601. The van der Waals surface area contributed by atoms with Crippen molar-refractivity contribution >= 4 is 21.4 Å². The highest BCUT2D eigenvalue weighted by Gasteiger charge is 2.17. The van der Waals surface area contributed by atoms with Crippen molar-refractivity contribution in [3.63, 3.8) is 0 Å². The molecular formula is C13H12N4O2S. The summed E-state index contributed by atoms with van der Waals surface area (Å²) in [6.45, 7) is 0. The van der Waals surface area contributed by atoms with Crippen molar-refractivity contribution < 1.29 is 8.42 Å². The molecule has 0 fully saturated rings. The highest BCUT2D eigenvalue weighted by Crippen LogP contribution is 2.22. The fourth-order valence-electron chi connectivity index (χ4n) is 1.64. The highest BCUT2D eigenvalue weighted by molar-refractivity contribution is 7.92. The Morgan fingerprint density at radius 1 is 1.05 bits per heavy atom. The van der Waals surface area contributed by atoms with Gasteiger partial charge in [0.25, 0.3) is 10.0 Å². The molecule has 0 saturated carbocycles. The van der Waals surface area contributed by atoms with Crippen molar-refractivity contribution in [3.05, 3.63) is 54.1 Å². The van der Waals surface area contributed by atoms with E-state index in [1.54, 1.807) is 18.2 Å². The van der Waals surface area contributed by atoms with E-state index in [2.05, 4.69) is 10.1 Å². The summed E-state index contributed by atoms with van der Waals surface area (Å²) in [6.07, 6.45) is 0. The molecule has 0 saturated heterocycles. The van der Waals surface area contributed by atoms with Crippen LogP contribution < -0.4 is 16.0 Å². The molecule has 2 rings (SSSR count). The van der Waals surface area contributed by atoms with Gasteiger partial charge in [0.1, 0.15) is 4.90 Å². The zero-order chi connectivity index (χ0) is 14.6. The maximum atomic E-state index is 12.3. The van der Waals surface area contributed by atoms with Crippen molar-refractivity contribution in [3.8, 4) is 6.07 Å². The van der Waals surface area contributed by atoms with Crippen LogP contribution in [0, 0.1) is 11.3 Å². The van der Waals surface area contributed by atoms with E-state index >= 15 is 0 Å². The molecule has 0 heterocycles. The number of sulfonamides is 1. The first kappa shape index (κ1) is 13.9. The van der Waals surface area contributed by atoms with Gasteiger partial charge in [-0.15, -0.1) is 0 Å². The van der Waals surface area contributed by atoms with Gasteiger partial charge < -0.3 is 5.43 Å². The van der Waals surface area contributed by atoms with Crippen LogP contribution in [-0.2, 0) is 10.0 Å². The molecule has 102 valence electrons. The molecule has 20 heavy (non-hydrogen) atoms.